The molecule has 1 fully saturated rings. The fourth-order valence-electron chi connectivity index (χ4n) is 3.11. The van der Waals surface area contributed by atoms with E-state index in [1.807, 2.05) is 12.1 Å². The van der Waals surface area contributed by atoms with Crippen LogP contribution in [0.3, 0.4) is 0 Å². The van der Waals surface area contributed by atoms with Gasteiger partial charge in [-0.15, -0.1) is 0 Å². The Hall–Kier alpha value is -0.770. The van der Waals surface area contributed by atoms with Gasteiger partial charge in [-0.3, -0.25) is 0 Å². The summed E-state index contributed by atoms with van der Waals surface area (Å²) < 4.78 is 10.6. The third-order valence-electron chi connectivity index (χ3n) is 4.35. The van der Waals surface area contributed by atoms with Gasteiger partial charge >= 0.3 is 0 Å². The second-order valence-electron chi connectivity index (χ2n) is 5.48. The smallest absolute Gasteiger partial charge is 0.122 e. The second-order valence-corrected chi connectivity index (χ2v) is 5.92. The molecule has 1 aromatic carbocycles. The summed E-state index contributed by atoms with van der Waals surface area (Å²) in [6, 6.07) is 5.92. The summed E-state index contributed by atoms with van der Waals surface area (Å²) >= 11 is 6.19. The normalized spacial score (nSPS) is 24.7. The van der Waals surface area contributed by atoms with Crippen LogP contribution in [0.2, 0.25) is 5.02 Å². The molecule has 0 heterocycles. The molecule has 0 spiro atoms. The van der Waals surface area contributed by atoms with Gasteiger partial charge in [-0.05, 0) is 30.5 Å². The number of ether oxygens (including phenoxy) is 2. The van der Waals surface area contributed by atoms with E-state index in [0.717, 1.165) is 30.5 Å². The van der Waals surface area contributed by atoms with E-state index in [2.05, 4.69) is 18.3 Å². The summed E-state index contributed by atoms with van der Waals surface area (Å²) in [6.45, 7) is 4.81. The highest BCUT2D eigenvalue weighted by atomic mass is 35.5. The number of methoxy groups -OCH3 is 2. The molecule has 2 rings (SSSR count). The molecule has 112 valence electrons. The Morgan fingerprint density at radius 1 is 1.40 bits per heavy atom. The topological polar surface area (TPSA) is 30.5 Å². The minimum Gasteiger partial charge on any atom is -0.496 e. The molecular weight excluding hydrogens is 274 g/mol. The lowest BCUT2D eigenvalue weighted by Gasteiger charge is -2.21. The van der Waals surface area contributed by atoms with E-state index < -0.39 is 0 Å². The Bertz CT molecular complexity index is 452. The van der Waals surface area contributed by atoms with Gasteiger partial charge in [0.25, 0.3) is 0 Å². The molecule has 1 aliphatic rings. The maximum Gasteiger partial charge on any atom is 0.122 e. The van der Waals surface area contributed by atoms with Gasteiger partial charge in [0.2, 0.25) is 0 Å². The predicted molar refractivity (Wildman–Crippen MR) is 82.8 cm³/mol. The van der Waals surface area contributed by atoms with E-state index in [1.54, 1.807) is 14.2 Å². The summed E-state index contributed by atoms with van der Waals surface area (Å²) in [5.41, 5.74) is 1.41. The lowest BCUT2D eigenvalue weighted by atomic mass is 9.91. The zero-order valence-corrected chi connectivity index (χ0v) is 13.3. The van der Waals surface area contributed by atoms with E-state index in [0.29, 0.717) is 5.92 Å². The van der Waals surface area contributed by atoms with Gasteiger partial charge in [0, 0.05) is 36.2 Å². The van der Waals surface area contributed by atoms with Crippen LogP contribution in [0, 0.1) is 5.92 Å². The predicted octanol–water partition coefficient (Wildman–Crippen LogP) is 3.25. The van der Waals surface area contributed by atoms with Crippen molar-refractivity contribution in [3.05, 3.63) is 28.8 Å². The highest BCUT2D eigenvalue weighted by Gasteiger charge is 2.54. The van der Waals surface area contributed by atoms with Crippen molar-refractivity contribution in [2.75, 3.05) is 33.9 Å². The molecule has 2 unspecified atom stereocenters. The molecule has 1 N–H and O–H groups in total. The number of nitrogens with one attached hydrogen (secondary N) is 1. The molecule has 0 bridgehead atoms. The van der Waals surface area contributed by atoms with Gasteiger partial charge in [-0.25, -0.2) is 0 Å². The van der Waals surface area contributed by atoms with E-state index in [1.165, 1.54) is 18.4 Å². The lowest BCUT2D eigenvalue weighted by Crippen LogP contribution is -2.31. The van der Waals surface area contributed by atoms with Crippen molar-refractivity contribution in [1.82, 2.24) is 5.32 Å². The van der Waals surface area contributed by atoms with E-state index in [9.17, 15) is 0 Å². The molecule has 0 aliphatic heterocycles. The number of hydrogen-bond acceptors (Lipinski definition) is 3. The average Bonchev–Trinajstić information content (AvgIpc) is 3.18. The molecule has 0 saturated heterocycles. The van der Waals surface area contributed by atoms with Crippen LogP contribution in [0.4, 0.5) is 0 Å². The Kier molecular flexibility index (Phi) is 5.30. The van der Waals surface area contributed by atoms with E-state index >= 15 is 0 Å². The van der Waals surface area contributed by atoms with E-state index in [-0.39, 0.29) is 5.41 Å². The minimum absolute atomic E-state index is 0.165. The van der Waals surface area contributed by atoms with Crippen LogP contribution in [0.15, 0.2) is 18.2 Å². The molecule has 4 heteroatoms. The SMILES string of the molecule is CCC1CC1(CNCCOC)c1cc(Cl)ccc1OC. The lowest BCUT2D eigenvalue weighted by molar-refractivity contribution is 0.198. The second kappa shape index (κ2) is 6.79. The monoisotopic (exact) mass is 297 g/mol. The summed E-state index contributed by atoms with van der Waals surface area (Å²) in [5.74, 6) is 1.64. The quantitative estimate of drug-likeness (QED) is 0.747. The molecule has 3 nitrogen and oxygen atoms in total. The molecule has 1 aromatic rings. The first kappa shape index (κ1) is 15.6. The van der Waals surface area contributed by atoms with E-state index in [4.69, 9.17) is 21.1 Å². The fourth-order valence-corrected chi connectivity index (χ4v) is 3.28. The van der Waals surface area contributed by atoms with Crippen molar-refractivity contribution in [3.63, 3.8) is 0 Å². The van der Waals surface area contributed by atoms with Crippen LogP contribution in [0.1, 0.15) is 25.3 Å². The molecule has 20 heavy (non-hydrogen) atoms. The van der Waals surface area contributed by atoms with Gasteiger partial charge in [0.1, 0.15) is 5.75 Å². The third-order valence-corrected chi connectivity index (χ3v) is 4.58. The fraction of sp³-hybridized carbons (Fsp3) is 0.625. The van der Waals surface area contributed by atoms with Gasteiger partial charge in [-0.1, -0.05) is 24.9 Å². The van der Waals surface area contributed by atoms with Crippen molar-refractivity contribution in [3.8, 4) is 5.75 Å². The number of halogens is 1. The third kappa shape index (κ3) is 3.11. The van der Waals surface area contributed by atoms with Crippen molar-refractivity contribution >= 4 is 11.6 Å². The number of rotatable bonds is 8. The number of benzene rings is 1. The largest absolute Gasteiger partial charge is 0.496 e. The van der Waals surface area contributed by atoms with Crippen molar-refractivity contribution in [2.45, 2.75) is 25.2 Å². The first-order valence-corrected chi connectivity index (χ1v) is 7.59. The van der Waals surface area contributed by atoms with Crippen molar-refractivity contribution in [1.29, 1.82) is 0 Å². The zero-order chi connectivity index (χ0) is 14.6. The van der Waals surface area contributed by atoms with Crippen molar-refractivity contribution < 1.29 is 9.47 Å². The molecule has 1 saturated carbocycles. The van der Waals surface area contributed by atoms with Crippen LogP contribution in [0.5, 0.6) is 5.75 Å². The van der Waals surface area contributed by atoms with Crippen LogP contribution >= 0.6 is 11.6 Å². The van der Waals surface area contributed by atoms with Gasteiger partial charge < -0.3 is 14.8 Å². The molecule has 0 aromatic heterocycles. The maximum atomic E-state index is 6.19. The average molecular weight is 298 g/mol. The molecule has 0 radical (unpaired) electrons. The Morgan fingerprint density at radius 3 is 2.80 bits per heavy atom. The van der Waals surface area contributed by atoms with Crippen molar-refractivity contribution in [2.24, 2.45) is 5.92 Å². The summed E-state index contributed by atoms with van der Waals surface area (Å²) in [5, 5.41) is 4.28. The molecular formula is C16H24ClNO2. The molecule has 1 aliphatic carbocycles. The number of hydrogen-bond donors (Lipinski definition) is 1. The first-order chi connectivity index (χ1) is 9.67. The Morgan fingerprint density at radius 2 is 2.20 bits per heavy atom. The summed E-state index contributed by atoms with van der Waals surface area (Å²) in [7, 11) is 3.45. The maximum absolute atomic E-state index is 6.19. The van der Waals surface area contributed by atoms with Crippen LogP contribution < -0.4 is 10.1 Å². The summed E-state index contributed by atoms with van der Waals surface area (Å²) in [4.78, 5) is 0. The van der Waals surface area contributed by atoms with Crippen LogP contribution in [-0.4, -0.2) is 33.9 Å². The Labute approximate surface area is 126 Å². The van der Waals surface area contributed by atoms with Gasteiger partial charge in [0.15, 0.2) is 0 Å². The molecule has 2 atom stereocenters. The standard InChI is InChI=1S/C16H24ClNO2/c1-4-12-10-16(12,11-18-7-8-19-2)14-9-13(17)5-6-15(14)20-3/h5-6,9,12,18H,4,7-8,10-11H2,1-3H3. The highest BCUT2D eigenvalue weighted by molar-refractivity contribution is 6.30. The Balaban J connectivity index is 2.18. The van der Waals surface area contributed by atoms with Crippen LogP contribution in [0.25, 0.3) is 0 Å². The highest BCUT2D eigenvalue weighted by Crippen LogP contribution is 2.58. The van der Waals surface area contributed by atoms with Gasteiger partial charge in [-0.2, -0.15) is 0 Å². The first-order valence-electron chi connectivity index (χ1n) is 7.21. The molecule has 0 amide bonds. The minimum atomic E-state index is 0.165. The van der Waals surface area contributed by atoms with Gasteiger partial charge in [0.05, 0.1) is 13.7 Å². The van der Waals surface area contributed by atoms with Crippen LogP contribution in [-0.2, 0) is 10.2 Å². The zero-order valence-electron chi connectivity index (χ0n) is 12.5. The summed E-state index contributed by atoms with van der Waals surface area (Å²) in [6.07, 6.45) is 2.38.